The summed E-state index contributed by atoms with van der Waals surface area (Å²) in [5.74, 6) is -1.17. The molecule has 1 atom stereocenters. The Hall–Kier alpha value is -4.18. The number of hydrogen-bond donors (Lipinski definition) is 1. The van der Waals surface area contributed by atoms with Crippen molar-refractivity contribution in [3.63, 3.8) is 0 Å². The van der Waals surface area contributed by atoms with Crippen LogP contribution in [0.25, 0.3) is 11.8 Å². The second kappa shape index (κ2) is 9.55. The maximum absolute atomic E-state index is 12.3. The third-order valence-corrected chi connectivity index (χ3v) is 4.70. The van der Waals surface area contributed by atoms with Crippen molar-refractivity contribution in [2.24, 2.45) is 0 Å². The Morgan fingerprint density at radius 1 is 1.13 bits per heavy atom. The third kappa shape index (κ3) is 5.06. The summed E-state index contributed by atoms with van der Waals surface area (Å²) in [6.45, 7) is 5.25. The number of aryl methyl sites for hydroxylation is 1. The molecule has 0 spiro atoms. The molecule has 0 radical (unpaired) electrons. The smallest absolute Gasteiger partial charge is 0.331 e. The van der Waals surface area contributed by atoms with Gasteiger partial charge in [0.15, 0.2) is 6.10 Å². The Bertz CT molecular complexity index is 1170. The zero-order valence-electron chi connectivity index (χ0n) is 17.5. The highest BCUT2D eigenvalue weighted by molar-refractivity contribution is 5.97. The SMILES string of the molecule is Cc1nn(-c2ccccc2)c(C)c1/C=C/C(=O)O[C@H](C)C(=O)Nc1ccccc1C#N. The van der Waals surface area contributed by atoms with Crippen LogP contribution in [0.1, 0.15) is 29.4 Å². The summed E-state index contributed by atoms with van der Waals surface area (Å²) in [5, 5.41) is 16.2. The number of nitriles is 1. The molecule has 1 amide bonds. The molecule has 0 aliphatic heterocycles. The quantitative estimate of drug-likeness (QED) is 0.487. The number of para-hydroxylation sites is 2. The fraction of sp³-hybridized carbons (Fsp3) is 0.167. The zero-order valence-corrected chi connectivity index (χ0v) is 17.5. The van der Waals surface area contributed by atoms with Crippen LogP contribution in [0.15, 0.2) is 60.7 Å². The van der Waals surface area contributed by atoms with Gasteiger partial charge in [0.2, 0.25) is 0 Å². The van der Waals surface area contributed by atoms with E-state index in [0.717, 1.165) is 22.6 Å². The molecule has 0 saturated heterocycles. The van der Waals surface area contributed by atoms with Crippen LogP contribution in [-0.4, -0.2) is 27.8 Å². The molecule has 0 fully saturated rings. The summed E-state index contributed by atoms with van der Waals surface area (Å²) in [6.07, 6.45) is 1.88. The van der Waals surface area contributed by atoms with E-state index in [9.17, 15) is 9.59 Å². The maximum atomic E-state index is 12.3. The molecule has 0 aliphatic rings. The fourth-order valence-corrected chi connectivity index (χ4v) is 3.06. The summed E-state index contributed by atoms with van der Waals surface area (Å²) >= 11 is 0. The molecule has 0 bridgehead atoms. The first-order valence-electron chi connectivity index (χ1n) is 9.71. The summed E-state index contributed by atoms with van der Waals surface area (Å²) in [5.41, 5.74) is 4.08. The van der Waals surface area contributed by atoms with E-state index < -0.39 is 18.0 Å². The molecule has 0 aliphatic carbocycles. The normalized spacial score (nSPS) is 11.7. The van der Waals surface area contributed by atoms with Crippen LogP contribution in [0, 0.1) is 25.2 Å². The molecule has 1 heterocycles. The number of ether oxygens (including phenoxy) is 1. The predicted octanol–water partition coefficient (Wildman–Crippen LogP) is 3.94. The minimum absolute atomic E-state index is 0.329. The van der Waals surface area contributed by atoms with E-state index in [-0.39, 0.29) is 0 Å². The molecule has 0 unspecified atom stereocenters. The van der Waals surface area contributed by atoms with Gasteiger partial charge < -0.3 is 10.1 Å². The molecule has 3 aromatic rings. The monoisotopic (exact) mass is 414 g/mol. The lowest BCUT2D eigenvalue weighted by Gasteiger charge is -2.13. The molecule has 7 heteroatoms. The van der Waals surface area contributed by atoms with E-state index >= 15 is 0 Å². The first-order chi connectivity index (χ1) is 14.9. The topological polar surface area (TPSA) is 97.0 Å². The van der Waals surface area contributed by atoms with Crippen molar-refractivity contribution >= 4 is 23.6 Å². The van der Waals surface area contributed by atoms with Gasteiger partial charge in [-0.3, -0.25) is 4.79 Å². The van der Waals surface area contributed by atoms with E-state index in [0.29, 0.717) is 11.3 Å². The van der Waals surface area contributed by atoms with Crippen LogP contribution in [0.3, 0.4) is 0 Å². The van der Waals surface area contributed by atoms with E-state index in [1.807, 2.05) is 54.9 Å². The summed E-state index contributed by atoms with van der Waals surface area (Å²) < 4.78 is 7.01. The fourth-order valence-electron chi connectivity index (χ4n) is 3.06. The predicted molar refractivity (Wildman–Crippen MR) is 117 cm³/mol. The number of carbonyl (C=O) groups excluding carboxylic acids is 2. The van der Waals surface area contributed by atoms with Crippen molar-refractivity contribution in [2.75, 3.05) is 5.32 Å². The van der Waals surface area contributed by atoms with E-state index in [1.165, 1.54) is 13.0 Å². The third-order valence-electron chi connectivity index (χ3n) is 4.70. The van der Waals surface area contributed by atoms with Crippen LogP contribution in [0.5, 0.6) is 0 Å². The van der Waals surface area contributed by atoms with Gasteiger partial charge in [0.05, 0.1) is 22.6 Å². The van der Waals surface area contributed by atoms with Crippen molar-refractivity contribution < 1.29 is 14.3 Å². The van der Waals surface area contributed by atoms with Crippen molar-refractivity contribution in [1.82, 2.24) is 9.78 Å². The highest BCUT2D eigenvalue weighted by atomic mass is 16.5. The first kappa shape index (κ1) is 21.5. The van der Waals surface area contributed by atoms with Gasteiger partial charge in [-0.15, -0.1) is 0 Å². The number of rotatable bonds is 6. The molecule has 1 aromatic heterocycles. The molecular weight excluding hydrogens is 392 g/mol. The number of benzene rings is 2. The molecular formula is C24H22N4O3. The Labute approximate surface area is 180 Å². The lowest BCUT2D eigenvalue weighted by molar-refractivity contribution is -0.148. The van der Waals surface area contributed by atoms with Gasteiger partial charge in [0.25, 0.3) is 5.91 Å². The van der Waals surface area contributed by atoms with Gasteiger partial charge in [-0.05, 0) is 51.1 Å². The second-order valence-electron chi connectivity index (χ2n) is 6.89. The molecule has 3 rings (SSSR count). The van der Waals surface area contributed by atoms with Gasteiger partial charge in [0, 0.05) is 17.3 Å². The number of nitrogens with zero attached hydrogens (tertiary/aromatic N) is 3. The Morgan fingerprint density at radius 2 is 1.81 bits per heavy atom. The van der Waals surface area contributed by atoms with Gasteiger partial charge >= 0.3 is 5.97 Å². The summed E-state index contributed by atoms with van der Waals surface area (Å²) in [4.78, 5) is 24.6. The lowest BCUT2D eigenvalue weighted by Crippen LogP contribution is -2.29. The number of anilines is 1. The Balaban J connectivity index is 1.66. The summed E-state index contributed by atoms with van der Waals surface area (Å²) in [6, 6.07) is 18.3. The van der Waals surface area contributed by atoms with Crippen LogP contribution < -0.4 is 5.32 Å². The highest BCUT2D eigenvalue weighted by Crippen LogP contribution is 2.19. The average Bonchev–Trinajstić information content (AvgIpc) is 3.06. The molecule has 7 nitrogen and oxygen atoms in total. The number of carbonyl (C=O) groups is 2. The van der Waals surface area contributed by atoms with Gasteiger partial charge in [-0.1, -0.05) is 30.3 Å². The number of nitrogens with one attached hydrogen (secondary N) is 1. The van der Waals surface area contributed by atoms with Crippen LogP contribution >= 0.6 is 0 Å². The van der Waals surface area contributed by atoms with Crippen molar-refractivity contribution in [1.29, 1.82) is 5.26 Å². The highest BCUT2D eigenvalue weighted by Gasteiger charge is 2.18. The largest absolute Gasteiger partial charge is 0.449 e. The first-order valence-corrected chi connectivity index (χ1v) is 9.71. The van der Waals surface area contributed by atoms with Crippen molar-refractivity contribution in [3.8, 4) is 11.8 Å². The molecule has 2 aromatic carbocycles. The molecule has 31 heavy (non-hydrogen) atoms. The number of hydrogen-bond acceptors (Lipinski definition) is 5. The van der Waals surface area contributed by atoms with E-state index in [4.69, 9.17) is 10.00 Å². The molecule has 156 valence electrons. The minimum atomic E-state index is -1.03. The second-order valence-corrected chi connectivity index (χ2v) is 6.89. The van der Waals surface area contributed by atoms with Crippen LogP contribution in [-0.2, 0) is 14.3 Å². The number of aromatic nitrogens is 2. The average molecular weight is 414 g/mol. The van der Waals surface area contributed by atoms with Crippen molar-refractivity contribution in [2.45, 2.75) is 26.9 Å². The van der Waals surface area contributed by atoms with E-state index in [1.54, 1.807) is 30.3 Å². The molecule has 0 saturated carbocycles. The number of amides is 1. The Kier molecular flexibility index (Phi) is 6.63. The Morgan fingerprint density at radius 3 is 2.52 bits per heavy atom. The maximum Gasteiger partial charge on any atom is 0.331 e. The van der Waals surface area contributed by atoms with Crippen LogP contribution in [0.4, 0.5) is 5.69 Å². The molecule has 1 N–H and O–H groups in total. The van der Waals surface area contributed by atoms with Gasteiger partial charge in [-0.2, -0.15) is 10.4 Å². The zero-order chi connectivity index (χ0) is 22.4. The minimum Gasteiger partial charge on any atom is -0.449 e. The van der Waals surface area contributed by atoms with Crippen LogP contribution in [0.2, 0.25) is 0 Å². The summed E-state index contributed by atoms with van der Waals surface area (Å²) in [7, 11) is 0. The van der Waals surface area contributed by atoms with E-state index in [2.05, 4.69) is 10.4 Å². The van der Waals surface area contributed by atoms with Gasteiger partial charge in [-0.25, -0.2) is 9.48 Å². The van der Waals surface area contributed by atoms with Crippen molar-refractivity contribution in [3.05, 3.63) is 83.2 Å². The lowest BCUT2D eigenvalue weighted by atomic mass is 10.2. The standard InChI is InChI=1S/C24H22N4O3/c1-16-21(17(2)28(27-16)20-10-5-4-6-11-20)13-14-23(29)31-18(3)24(30)26-22-12-8-7-9-19(22)15-25/h4-14,18H,1-3H3,(H,26,30)/b14-13+/t18-/m1/s1. The number of esters is 1. The van der Waals surface area contributed by atoms with Gasteiger partial charge in [0.1, 0.15) is 6.07 Å².